The first kappa shape index (κ1) is 25.1. The third-order valence-electron chi connectivity index (χ3n) is 7.25. The van der Waals surface area contributed by atoms with Gasteiger partial charge < -0.3 is 25.0 Å². The predicted molar refractivity (Wildman–Crippen MR) is 141 cm³/mol. The van der Waals surface area contributed by atoms with Crippen molar-refractivity contribution < 1.29 is 23.0 Å². The molecule has 10 nitrogen and oxygen atoms in total. The number of anilines is 2. The number of amides is 1. The van der Waals surface area contributed by atoms with E-state index >= 15 is 4.39 Å². The summed E-state index contributed by atoms with van der Waals surface area (Å²) in [4.78, 5) is 24.1. The van der Waals surface area contributed by atoms with Crippen molar-refractivity contribution in [3.63, 3.8) is 0 Å². The van der Waals surface area contributed by atoms with Gasteiger partial charge in [0, 0.05) is 49.9 Å². The Bertz CT molecular complexity index is 1560. The lowest BCUT2D eigenvalue weighted by Crippen LogP contribution is -2.44. The Labute approximate surface area is 222 Å². The summed E-state index contributed by atoms with van der Waals surface area (Å²) in [5, 5.41) is 11.3. The van der Waals surface area contributed by atoms with E-state index in [-0.39, 0.29) is 28.9 Å². The number of nitrogens with one attached hydrogen (secondary N) is 2. The van der Waals surface area contributed by atoms with E-state index in [1.165, 1.54) is 37.6 Å². The summed E-state index contributed by atoms with van der Waals surface area (Å²) in [7, 11) is 2.99. The van der Waals surface area contributed by atoms with Crippen molar-refractivity contribution in [3.05, 3.63) is 60.1 Å². The molecule has 0 unspecified atom stereocenters. The minimum absolute atomic E-state index is 0.00167. The lowest BCUT2D eigenvalue weighted by molar-refractivity contribution is 0.102. The van der Waals surface area contributed by atoms with Crippen LogP contribution >= 0.6 is 0 Å². The highest BCUT2D eigenvalue weighted by Gasteiger charge is 2.40. The number of halogens is 2. The van der Waals surface area contributed by atoms with Crippen LogP contribution in [0.4, 0.5) is 20.2 Å². The van der Waals surface area contributed by atoms with Crippen LogP contribution in [0.1, 0.15) is 16.9 Å². The molecule has 2 atom stereocenters. The summed E-state index contributed by atoms with van der Waals surface area (Å²) in [6.45, 7) is 2.29. The normalized spacial score (nSPS) is 18.2. The second kappa shape index (κ2) is 10.2. The summed E-state index contributed by atoms with van der Waals surface area (Å²) in [5.74, 6) is -1.43. The lowest BCUT2D eigenvalue weighted by Gasteiger charge is -2.32. The van der Waals surface area contributed by atoms with Gasteiger partial charge in [0.2, 0.25) is 0 Å². The molecule has 2 aliphatic heterocycles. The highest BCUT2D eigenvalue weighted by atomic mass is 19.1. The number of ether oxygens (including phenoxy) is 2. The van der Waals surface area contributed by atoms with Gasteiger partial charge in [0.1, 0.15) is 22.8 Å². The molecule has 2 saturated heterocycles. The third-order valence-corrected chi connectivity index (χ3v) is 7.25. The monoisotopic (exact) mass is 535 g/mol. The van der Waals surface area contributed by atoms with E-state index in [1.807, 2.05) is 0 Å². The Kier molecular flexibility index (Phi) is 6.57. The first-order valence-electron chi connectivity index (χ1n) is 12.6. The number of hydrogen-bond acceptors (Lipinski definition) is 8. The van der Waals surface area contributed by atoms with Crippen LogP contribution in [0.5, 0.6) is 5.75 Å². The van der Waals surface area contributed by atoms with Crippen LogP contribution in [0.2, 0.25) is 0 Å². The average molecular weight is 536 g/mol. The predicted octanol–water partition coefficient (Wildman–Crippen LogP) is 3.23. The Hall–Kier alpha value is -4.16. The smallest absolute Gasteiger partial charge is 0.274 e. The van der Waals surface area contributed by atoms with E-state index in [4.69, 9.17) is 9.47 Å². The molecule has 0 radical (unpaired) electrons. The zero-order valence-corrected chi connectivity index (χ0v) is 21.4. The van der Waals surface area contributed by atoms with Gasteiger partial charge in [-0.1, -0.05) is 6.07 Å². The molecule has 202 valence electrons. The maximum atomic E-state index is 15.5. The summed E-state index contributed by atoms with van der Waals surface area (Å²) in [6, 6.07) is 7.64. The Balaban J connectivity index is 1.39. The van der Waals surface area contributed by atoms with E-state index in [9.17, 15) is 9.18 Å². The van der Waals surface area contributed by atoms with Gasteiger partial charge in [-0.15, -0.1) is 0 Å². The first-order valence-corrected chi connectivity index (χ1v) is 12.6. The molecule has 4 aromatic rings. The molecule has 2 N–H and O–H groups in total. The number of nitrogens with zero attached hydrogens (tertiary/aromatic N) is 5. The number of aromatic nitrogens is 4. The summed E-state index contributed by atoms with van der Waals surface area (Å²) < 4.78 is 42.2. The van der Waals surface area contributed by atoms with Gasteiger partial charge >= 0.3 is 0 Å². The number of methoxy groups -OCH3 is 2. The quantitative estimate of drug-likeness (QED) is 0.354. The number of carbonyl (C=O) groups excluding carboxylic acids is 1. The molecule has 4 heterocycles. The number of piperazine rings is 1. The van der Waals surface area contributed by atoms with Crippen LogP contribution in [0, 0.1) is 11.6 Å². The van der Waals surface area contributed by atoms with E-state index in [0.29, 0.717) is 41.5 Å². The number of benzene rings is 2. The summed E-state index contributed by atoms with van der Waals surface area (Å²) >= 11 is 0. The number of fused-ring (bicyclic) bond motifs is 3. The minimum atomic E-state index is -0.580. The van der Waals surface area contributed by atoms with E-state index in [1.54, 1.807) is 24.1 Å². The maximum absolute atomic E-state index is 15.5. The van der Waals surface area contributed by atoms with Gasteiger partial charge in [-0.05, 0) is 24.6 Å². The maximum Gasteiger partial charge on any atom is 0.274 e. The molecule has 12 heteroatoms. The fraction of sp³-hybridized carbons (Fsp3) is 0.333. The van der Waals surface area contributed by atoms with Crippen LogP contribution in [-0.4, -0.2) is 71.7 Å². The second-order valence-electron chi connectivity index (χ2n) is 9.56. The Morgan fingerprint density at radius 3 is 2.85 bits per heavy atom. The van der Waals surface area contributed by atoms with E-state index in [2.05, 4.69) is 30.6 Å². The number of carbonyl (C=O) groups is 1. The molecule has 6 rings (SSSR count). The van der Waals surface area contributed by atoms with Gasteiger partial charge in [0.25, 0.3) is 5.91 Å². The van der Waals surface area contributed by atoms with Crippen LogP contribution < -0.4 is 20.3 Å². The van der Waals surface area contributed by atoms with Crippen molar-refractivity contribution in [2.75, 3.05) is 44.1 Å². The molecule has 39 heavy (non-hydrogen) atoms. The van der Waals surface area contributed by atoms with Gasteiger partial charge in [-0.3, -0.25) is 9.48 Å². The molecule has 2 bridgehead atoms. The average Bonchev–Trinajstić information content (AvgIpc) is 3.68. The molecule has 2 aliphatic rings. The van der Waals surface area contributed by atoms with Crippen molar-refractivity contribution in [1.82, 2.24) is 25.1 Å². The molecule has 2 aromatic heterocycles. The van der Waals surface area contributed by atoms with Crippen LogP contribution in [0.15, 0.2) is 42.7 Å². The van der Waals surface area contributed by atoms with Crippen LogP contribution in [-0.2, 0) is 11.3 Å². The van der Waals surface area contributed by atoms with E-state index < -0.39 is 17.5 Å². The summed E-state index contributed by atoms with van der Waals surface area (Å²) in [6.07, 6.45) is 3.97. The van der Waals surface area contributed by atoms with E-state index in [0.717, 1.165) is 19.5 Å². The molecular formula is C27H27F2N7O3. The lowest BCUT2D eigenvalue weighted by atomic mass is 10.1. The van der Waals surface area contributed by atoms with Crippen molar-refractivity contribution >= 4 is 28.2 Å². The zero-order chi connectivity index (χ0) is 27.1. The third kappa shape index (κ3) is 4.45. The largest absolute Gasteiger partial charge is 0.496 e. The minimum Gasteiger partial charge on any atom is -0.496 e. The molecule has 0 spiro atoms. The molecule has 0 saturated carbocycles. The van der Waals surface area contributed by atoms with Crippen molar-refractivity contribution in [2.24, 2.45) is 0 Å². The topological polar surface area (TPSA) is 106 Å². The Morgan fingerprint density at radius 2 is 2.10 bits per heavy atom. The van der Waals surface area contributed by atoms with Gasteiger partial charge in [-0.2, -0.15) is 5.10 Å². The van der Waals surface area contributed by atoms with Gasteiger partial charge in [-0.25, -0.2) is 18.7 Å². The fourth-order valence-corrected chi connectivity index (χ4v) is 5.49. The van der Waals surface area contributed by atoms with Crippen molar-refractivity contribution in [1.29, 1.82) is 0 Å². The molecule has 2 aromatic carbocycles. The zero-order valence-electron chi connectivity index (χ0n) is 21.4. The highest BCUT2D eigenvalue weighted by Crippen LogP contribution is 2.41. The SMILES string of the molecule is COCCn1ncc2c(N3C[C@@H]4C[C@H]3CN4)c(NC(=O)c3ccnc(-c4c(F)cccc4OC)n3)cc(F)c21. The molecule has 0 aliphatic carbocycles. The molecular weight excluding hydrogens is 508 g/mol. The van der Waals surface area contributed by atoms with Crippen molar-refractivity contribution in [3.8, 4) is 17.1 Å². The summed E-state index contributed by atoms with van der Waals surface area (Å²) in [5.41, 5.74) is 1.42. The van der Waals surface area contributed by atoms with Gasteiger partial charge in [0.15, 0.2) is 11.6 Å². The Morgan fingerprint density at radius 1 is 1.23 bits per heavy atom. The highest BCUT2D eigenvalue weighted by molar-refractivity contribution is 6.09. The van der Waals surface area contributed by atoms with Crippen molar-refractivity contribution in [2.45, 2.75) is 25.0 Å². The standard InChI is InChI=1S/C27H27F2N7O3/c1-38-9-8-36-24-17(13-32-36)25(35-14-15-10-16(35)12-31-15)21(11-19(24)29)34-27(37)20-6-7-30-26(33-20)23-18(28)4-3-5-22(23)39-2/h3-7,11,13,15-16,31H,8-10,12,14H2,1-2H3,(H,34,37)/t15-,16-/m0/s1. The van der Waals surface area contributed by atoms with Crippen LogP contribution in [0.25, 0.3) is 22.3 Å². The second-order valence-corrected chi connectivity index (χ2v) is 9.56. The van der Waals surface area contributed by atoms with Gasteiger partial charge in [0.05, 0.1) is 43.4 Å². The number of rotatable bonds is 8. The fourth-order valence-electron chi connectivity index (χ4n) is 5.49. The van der Waals surface area contributed by atoms with Crippen LogP contribution in [0.3, 0.4) is 0 Å². The molecule has 1 amide bonds. The first-order chi connectivity index (χ1) is 19.0. The number of hydrogen-bond donors (Lipinski definition) is 2. The molecule has 2 fully saturated rings.